The molecule has 0 amide bonds. The summed E-state index contributed by atoms with van der Waals surface area (Å²) >= 11 is 0. The fraction of sp³-hybridized carbons (Fsp3) is 1.00. The quantitative estimate of drug-likeness (QED) is 0.753. The highest BCUT2D eigenvalue weighted by Gasteiger charge is 2.35. The lowest BCUT2D eigenvalue weighted by Gasteiger charge is -2.27. The van der Waals surface area contributed by atoms with Gasteiger partial charge in [-0.25, -0.2) is 8.42 Å². The molecule has 0 heterocycles. The fourth-order valence-electron chi connectivity index (χ4n) is 1.95. The summed E-state index contributed by atoms with van der Waals surface area (Å²) in [6, 6.07) is -0.221. The SMILES string of the molecule is CCCC(N)C(CC)S(=O)(=O)C(C)C(C)C. The molecule has 0 aromatic carbocycles. The van der Waals surface area contributed by atoms with E-state index < -0.39 is 9.84 Å². The Hall–Kier alpha value is -0.0900. The summed E-state index contributed by atoms with van der Waals surface area (Å²) in [6.45, 7) is 9.62. The number of sulfone groups is 1. The van der Waals surface area contributed by atoms with Crippen molar-refractivity contribution in [2.24, 2.45) is 11.7 Å². The summed E-state index contributed by atoms with van der Waals surface area (Å²) < 4.78 is 24.7. The minimum Gasteiger partial charge on any atom is -0.327 e. The predicted octanol–water partition coefficient (Wildman–Crippen LogP) is 2.35. The monoisotopic (exact) mass is 249 g/mol. The molecule has 2 N–H and O–H groups in total. The first kappa shape index (κ1) is 15.9. The molecule has 0 aromatic heterocycles. The molecule has 0 bridgehead atoms. The summed E-state index contributed by atoms with van der Waals surface area (Å²) in [5.41, 5.74) is 5.98. The highest BCUT2D eigenvalue weighted by molar-refractivity contribution is 7.92. The number of nitrogens with two attached hydrogens (primary N) is 1. The van der Waals surface area contributed by atoms with E-state index in [1.54, 1.807) is 6.92 Å². The molecule has 0 aliphatic rings. The molecule has 98 valence electrons. The first-order chi connectivity index (χ1) is 7.28. The van der Waals surface area contributed by atoms with E-state index in [9.17, 15) is 8.42 Å². The van der Waals surface area contributed by atoms with Crippen molar-refractivity contribution in [3.63, 3.8) is 0 Å². The van der Waals surface area contributed by atoms with Crippen molar-refractivity contribution in [2.75, 3.05) is 0 Å². The molecule has 3 unspecified atom stereocenters. The van der Waals surface area contributed by atoms with Crippen LogP contribution in [0.4, 0.5) is 0 Å². The van der Waals surface area contributed by atoms with Crippen LogP contribution in [0.1, 0.15) is 53.9 Å². The van der Waals surface area contributed by atoms with Gasteiger partial charge >= 0.3 is 0 Å². The Morgan fingerprint density at radius 3 is 1.94 bits per heavy atom. The average molecular weight is 249 g/mol. The van der Waals surface area contributed by atoms with Gasteiger partial charge in [-0.3, -0.25) is 0 Å². The largest absolute Gasteiger partial charge is 0.327 e. The molecular weight excluding hydrogens is 222 g/mol. The van der Waals surface area contributed by atoms with Crippen molar-refractivity contribution in [2.45, 2.75) is 70.4 Å². The van der Waals surface area contributed by atoms with E-state index in [2.05, 4.69) is 0 Å². The first-order valence-electron chi connectivity index (χ1n) is 6.27. The molecule has 3 nitrogen and oxygen atoms in total. The van der Waals surface area contributed by atoms with E-state index in [-0.39, 0.29) is 22.5 Å². The van der Waals surface area contributed by atoms with Crippen molar-refractivity contribution >= 4 is 9.84 Å². The van der Waals surface area contributed by atoms with Gasteiger partial charge in [0, 0.05) is 6.04 Å². The highest BCUT2D eigenvalue weighted by Crippen LogP contribution is 2.22. The van der Waals surface area contributed by atoms with Gasteiger partial charge in [0.2, 0.25) is 0 Å². The molecule has 4 heteroatoms. The minimum atomic E-state index is -3.10. The van der Waals surface area contributed by atoms with Gasteiger partial charge in [-0.05, 0) is 25.7 Å². The van der Waals surface area contributed by atoms with Gasteiger partial charge in [-0.15, -0.1) is 0 Å². The van der Waals surface area contributed by atoms with Crippen LogP contribution in [-0.4, -0.2) is 25.0 Å². The third-order valence-electron chi connectivity index (χ3n) is 3.38. The van der Waals surface area contributed by atoms with Crippen molar-refractivity contribution in [3.05, 3.63) is 0 Å². The number of rotatable bonds is 7. The van der Waals surface area contributed by atoms with Gasteiger partial charge in [0.25, 0.3) is 0 Å². The van der Waals surface area contributed by atoms with Gasteiger partial charge in [0.1, 0.15) is 0 Å². The van der Waals surface area contributed by atoms with Crippen LogP contribution >= 0.6 is 0 Å². The Labute approximate surface area is 101 Å². The van der Waals surface area contributed by atoms with E-state index in [4.69, 9.17) is 5.73 Å². The smallest absolute Gasteiger partial charge is 0.157 e. The zero-order valence-electron chi connectivity index (χ0n) is 11.2. The second-order valence-corrected chi connectivity index (χ2v) is 7.46. The molecule has 0 saturated carbocycles. The predicted molar refractivity (Wildman–Crippen MR) is 70.2 cm³/mol. The first-order valence-corrected chi connectivity index (χ1v) is 7.88. The van der Waals surface area contributed by atoms with Gasteiger partial charge in [-0.1, -0.05) is 34.1 Å². The van der Waals surface area contributed by atoms with Gasteiger partial charge in [0.05, 0.1) is 10.5 Å². The molecule has 0 saturated heterocycles. The van der Waals surface area contributed by atoms with Gasteiger partial charge in [-0.2, -0.15) is 0 Å². The van der Waals surface area contributed by atoms with Crippen LogP contribution in [0.5, 0.6) is 0 Å². The minimum absolute atomic E-state index is 0.146. The third kappa shape index (κ3) is 3.74. The normalized spacial score (nSPS) is 18.4. The molecular formula is C12H27NO2S. The maximum atomic E-state index is 12.3. The zero-order valence-corrected chi connectivity index (χ0v) is 12.0. The average Bonchev–Trinajstić information content (AvgIpc) is 2.17. The lowest BCUT2D eigenvalue weighted by atomic mass is 10.1. The Balaban J connectivity index is 4.94. The van der Waals surface area contributed by atoms with Gasteiger partial charge in [0.15, 0.2) is 9.84 Å². The molecule has 0 aromatic rings. The Bertz CT molecular complexity index is 285. The molecule has 0 aliphatic carbocycles. The molecule has 0 spiro atoms. The molecule has 3 atom stereocenters. The summed E-state index contributed by atoms with van der Waals surface area (Å²) in [5, 5.41) is -0.690. The summed E-state index contributed by atoms with van der Waals surface area (Å²) in [7, 11) is -3.10. The number of hydrogen-bond donors (Lipinski definition) is 1. The van der Waals surface area contributed by atoms with Crippen LogP contribution in [0.3, 0.4) is 0 Å². The molecule has 0 rings (SSSR count). The second kappa shape index (κ2) is 6.60. The van der Waals surface area contributed by atoms with Crippen molar-refractivity contribution < 1.29 is 8.42 Å². The Morgan fingerprint density at radius 1 is 1.12 bits per heavy atom. The lowest BCUT2D eigenvalue weighted by Crippen LogP contribution is -2.44. The van der Waals surface area contributed by atoms with Crippen LogP contribution in [0.2, 0.25) is 0 Å². The van der Waals surface area contributed by atoms with Crippen LogP contribution in [0, 0.1) is 5.92 Å². The lowest BCUT2D eigenvalue weighted by molar-refractivity contribution is 0.492. The Morgan fingerprint density at radius 2 is 1.62 bits per heavy atom. The van der Waals surface area contributed by atoms with Crippen LogP contribution in [0.15, 0.2) is 0 Å². The maximum Gasteiger partial charge on any atom is 0.157 e. The summed E-state index contributed by atoms with van der Waals surface area (Å²) in [5.74, 6) is 0.146. The van der Waals surface area contributed by atoms with E-state index in [1.807, 2.05) is 27.7 Å². The Kier molecular flexibility index (Phi) is 6.56. The van der Waals surface area contributed by atoms with Crippen LogP contribution < -0.4 is 5.73 Å². The molecule has 0 aliphatic heterocycles. The van der Waals surface area contributed by atoms with Crippen molar-refractivity contribution in [1.29, 1.82) is 0 Å². The topological polar surface area (TPSA) is 60.2 Å². The second-order valence-electron chi connectivity index (χ2n) is 4.94. The summed E-state index contributed by atoms with van der Waals surface area (Å²) in [6.07, 6.45) is 2.33. The zero-order chi connectivity index (χ0) is 12.9. The maximum absolute atomic E-state index is 12.3. The number of hydrogen-bond acceptors (Lipinski definition) is 3. The molecule has 0 fully saturated rings. The molecule has 0 radical (unpaired) electrons. The van der Waals surface area contributed by atoms with Crippen LogP contribution in [0.25, 0.3) is 0 Å². The van der Waals surface area contributed by atoms with Crippen molar-refractivity contribution in [3.8, 4) is 0 Å². The van der Waals surface area contributed by atoms with E-state index in [0.717, 1.165) is 12.8 Å². The van der Waals surface area contributed by atoms with Crippen molar-refractivity contribution in [1.82, 2.24) is 0 Å². The fourth-order valence-corrected chi connectivity index (χ4v) is 4.35. The third-order valence-corrected chi connectivity index (χ3v) is 6.49. The standard InChI is InChI=1S/C12H27NO2S/c1-6-8-11(13)12(7-2)16(14,15)10(5)9(3)4/h9-12H,6-8,13H2,1-5H3. The summed E-state index contributed by atoms with van der Waals surface area (Å²) in [4.78, 5) is 0. The van der Waals surface area contributed by atoms with E-state index in [1.165, 1.54) is 0 Å². The molecule has 16 heavy (non-hydrogen) atoms. The van der Waals surface area contributed by atoms with E-state index in [0.29, 0.717) is 6.42 Å². The highest BCUT2D eigenvalue weighted by atomic mass is 32.2. The van der Waals surface area contributed by atoms with E-state index >= 15 is 0 Å². The van der Waals surface area contributed by atoms with Gasteiger partial charge < -0.3 is 5.73 Å². The van der Waals surface area contributed by atoms with Crippen LogP contribution in [-0.2, 0) is 9.84 Å².